The Hall–Kier alpha value is -0.520. The largest absolute Gasteiger partial charge is 0.249 e. The van der Waals surface area contributed by atoms with Gasteiger partial charge in [-0.25, -0.2) is 4.98 Å². The molecule has 0 aliphatic heterocycles. The summed E-state index contributed by atoms with van der Waals surface area (Å²) in [4.78, 5) is 5.17. The first-order chi connectivity index (χ1) is 5.77. The van der Waals surface area contributed by atoms with Crippen LogP contribution in [0.25, 0.3) is 9.88 Å². The lowest BCUT2D eigenvalue weighted by Crippen LogP contribution is -1.75. The van der Waals surface area contributed by atoms with E-state index in [2.05, 4.69) is 15.2 Å². The topological polar surface area (TPSA) is 38.7 Å². The summed E-state index contributed by atoms with van der Waals surface area (Å²) < 4.78 is 0.470. The number of nitrogens with zero attached hydrogens (tertiary/aromatic N) is 3. The number of thiazole rings is 1. The molecule has 3 nitrogen and oxygen atoms in total. The van der Waals surface area contributed by atoms with E-state index < -0.39 is 0 Å². The van der Waals surface area contributed by atoms with Gasteiger partial charge in [-0.05, 0) is 18.5 Å². The van der Waals surface area contributed by atoms with Crippen LogP contribution in [0.1, 0.15) is 5.69 Å². The normalized spacial score (nSPS) is 10.5. The zero-order valence-electron chi connectivity index (χ0n) is 6.11. The maximum absolute atomic E-state index is 5.66. The van der Waals surface area contributed by atoms with E-state index in [1.54, 1.807) is 16.8 Å². The molecule has 0 fully saturated rings. The minimum absolute atomic E-state index is 0.470. The molecule has 0 atom stereocenters. The minimum atomic E-state index is 0.470. The minimum Gasteiger partial charge on any atom is -0.249 e. The van der Waals surface area contributed by atoms with Crippen LogP contribution in [-0.2, 0) is 0 Å². The first-order valence-corrected chi connectivity index (χ1v) is 5.24. The molecule has 0 N–H and O–H groups in total. The zero-order valence-corrected chi connectivity index (χ0v) is 8.50. The van der Waals surface area contributed by atoms with Crippen molar-refractivity contribution in [1.82, 2.24) is 15.2 Å². The van der Waals surface area contributed by atoms with E-state index in [9.17, 15) is 0 Å². The number of aromatic nitrogens is 3. The van der Waals surface area contributed by atoms with Gasteiger partial charge in [-0.15, -0.1) is 21.5 Å². The van der Waals surface area contributed by atoms with Gasteiger partial charge in [-0.1, -0.05) is 11.3 Å². The molecule has 0 radical (unpaired) electrons. The van der Waals surface area contributed by atoms with Crippen LogP contribution >= 0.6 is 34.3 Å². The third-order valence-electron chi connectivity index (χ3n) is 1.34. The van der Waals surface area contributed by atoms with Gasteiger partial charge in [0.25, 0.3) is 0 Å². The summed E-state index contributed by atoms with van der Waals surface area (Å²) in [5.41, 5.74) is 2.77. The quantitative estimate of drug-likeness (QED) is 0.737. The third-order valence-corrected chi connectivity index (χ3v) is 3.44. The number of hydrogen-bond donors (Lipinski definition) is 0. The predicted octanol–water partition coefficient (Wildman–Crippen LogP) is 2.62. The average molecular weight is 218 g/mol. The van der Waals surface area contributed by atoms with Crippen LogP contribution in [0.3, 0.4) is 0 Å². The van der Waals surface area contributed by atoms with Crippen LogP contribution in [0.2, 0.25) is 4.47 Å². The molecule has 0 saturated heterocycles. The summed E-state index contributed by atoms with van der Waals surface area (Å²) in [5, 5.41) is 8.50. The predicted molar refractivity (Wildman–Crippen MR) is 50.8 cm³/mol. The van der Waals surface area contributed by atoms with Crippen LogP contribution < -0.4 is 0 Å². The molecule has 0 saturated carbocycles. The monoisotopic (exact) mass is 217 g/mol. The number of halogens is 1. The second-order valence-corrected chi connectivity index (χ2v) is 4.54. The first kappa shape index (κ1) is 8.10. The fraction of sp³-hybridized carbons (Fsp3) is 0.167. The van der Waals surface area contributed by atoms with Gasteiger partial charge in [0, 0.05) is 0 Å². The fourth-order valence-electron chi connectivity index (χ4n) is 0.804. The Morgan fingerprint density at radius 3 is 2.75 bits per heavy atom. The first-order valence-electron chi connectivity index (χ1n) is 3.17. The van der Waals surface area contributed by atoms with Crippen LogP contribution in [0, 0.1) is 6.92 Å². The standard InChI is InChI=1S/C6H4ClN3S2/c1-3-4(11-2-8-3)5-9-10-6(7)12-5/h2H,1H3. The van der Waals surface area contributed by atoms with Crippen molar-refractivity contribution in [1.29, 1.82) is 0 Å². The van der Waals surface area contributed by atoms with E-state index >= 15 is 0 Å². The molecule has 2 aromatic heterocycles. The van der Waals surface area contributed by atoms with E-state index in [1.807, 2.05) is 6.92 Å². The molecule has 0 unspecified atom stereocenters. The van der Waals surface area contributed by atoms with Gasteiger partial charge >= 0.3 is 0 Å². The summed E-state index contributed by atoms with van der Waals surface area (Å²) in [6, 6.07) is 0. The van der Waals surface area contributed by atoms with Crippen molar-refractivity contribution in [2.45, 2.75) is 6.92 Å². The maximum atomic E-state index is 5.66. The maximum Gasteiger partial charge on any atom is 0.207 e. The number of rotatable bonds is 1. The van der Waals surface area contributed by atoms with Crippen molar-refractivity contribution in [3.8, 4) is 9.88 Å². The van der Waals surface area contributed by atoms with Crippen LogP contribution in [0.4, 0.5) is 0 Å². The molecule has 12 heavy (non-hydrogen) atoms. The SMILES string of the molecule is Cc1ncsc1-c1nnc(Cl)s1. The molecule has 0 aliphatic rings. The Balaban J connectivity index is 2.50. The molecule has 6 heteroatoms. The fourth-order valence-corrected chi connectivity index (χ4v) is 2.58. The Kier molecular flexibility index (Phi) is 2.08. The lowest BCUT2D eigenvalue weighted by atomic mass is 10.4. The Morgan fingerprint density at radius 2 is 2.25 bits per heavy atom. The molecule has 0 bridgehead atoms. The molecule has 0 aliphatic carbocycles. The summed E-state index contributed by atoms with van der Waals surface area (Å²) in [5.74, 6) is 0. The molecular weight excluding hydrogens is 214 g/mol. The molecule has 2 heterocycles. The van der Waals surface area contributed by atoms with Crippen molar-refractivity contribution in [2.75, 3.05) is 0 Å². The van der Waals surface area contributed by atoms with Crippen molar-refractivity contribution in [3.05, 3.63) is 15.7 Å². The lowest BCUT2D eigenvalue weighted by Gasteiger charge is -1.87. The van der Waals surface area contributed by atoms with Gasteiger partial charge in [0.2, 0.25) is 4.47 Å². The molecule has 0 amide bonds. The van der Waals surface area contributed by atoms with E-state index in [-0.39, 0.29) is 0 Å². The molecular formula is C6H4ClN3S2. The Labute approximate surface area is 82.1 Å². The highest BCUT2D eigenvalue weighted by Gasteiger charge is 2.09. The summed E-state index contributed by atoms with van der Waals surface area (Å²) in [6.45, 7) is 1.95. The van der Waals surface area contributed by atoms with E-state index in [1.165, 1.54) is 11.3 Å². The highest BCUT2D eigenvalue weighted by Crippen LogP contribution is 2.30. The number of aryl methyl sites for hydroxylation is 1. The van der Waals surface area contributed by atoms with Gasteiger partial charge in [-0.2, -0.15) is 0 Å². The highest BCUT2D eigenvalue weighted by atomic mass is 35.5. The average Bonchev–Trinajstić information content (AvgIpc) is 2.58. The zero-order chi connectivity index (χ0) is 8.55. The van der Waals surface area contributed by atoms with Crippen molar-refractivity contribution >= 4 is 34.3 Å². The summed E-state index contributed by atoms with van der Waals surface area (Å²) >= 11 is 8.59. The molecule has 2 aromatic rings. The van der Waals surface area contributed by atoms with Crippen LogP contribution in [0.5, 0.6) is 0 Å². The summed E-state index contributed by atoms with van der Waals surface area (Å²) in [7, 11) is 0. The van der Waals surface area contributed by atoms with Crippen molar-refractivity contribution < 1.29 is 0 Å². The van der Waals surface area contributed by atoms with E-state index in [4.69, 9.17) is 11.6 Å². The molecule has 2 rings (SSSR count). The van der Waals surface area contributed by atoms with E-state index in [0.717, 1.165) is 15.6 Å². The Bertz CT molecular complexity index is 395. The molecule has 0 aromatic carbocycles. The van der Waals surface area contributed by atoms with Crippen molar-refractivity contribution in [3.63, 3.8) is 0 Å². The summed E-state index contributed by atoms with van der Waals surface area (Å²) in [6.07, 6.45) is 0. The van der Waals surface area contributed by atoms with Gasteiger partial charge < -0.3 is 0 Å². The van der Waals surface area contributed by atoms with Gasteiger partial charge in [0.1, 0.15) is 0 Å². The second-order valence-electron chi connectivity index (χ2n) is 2.13. The second kappa shape index (κ2) is 3.08. The van der Waals surface area contributed by atoms with E-state index in [0.29, 0.717) is 4.47 Å². The van der Waals surface area contributed by atoms with Crippen LogP contribution in [0.15, 0.2) is 5.51 Å². The lowest BCUT2D eigenvalue weighted by molar-refractivity contribution is 1.09. The molecule has 0 spiro atoms. The van der Waals surface area contributed by atoms with Gasteiger partial charge in [0.15, 0.2) is 5.01 Å². The van der Waals surface area contributed by atoms with Crippen LogP contribution in [-0.4, -0.2) is 15.2 Å². The van der Waals surface area contributed by atoms with Crippen molar-refractivity contribution in [2.24, 2.45) is 0 Å². The smallest absolute Gasteiger partial charge is 0.207 e. The highest BCUT2D eigenvalue weighted by molar-refractivity contribution is 7.22. The number of hydrogen-bond acceptors (Lipinski definition) is 5. The molecule has 62 valence electrons. The Morgan fingerprint density at radius 1 is 1.42 bits per heavy atom. The third kappa shape index (κ3) is 1.35. The van der Waals surface area contributed by atoms with Gasteiger partial charge in [-0.3, -0.25) is 0 Å². The van der Waals surface area contributed by atoms with Gasteiger partial charge in [0.05, 0.1) is 16.1 Å².